The molecule has 5 heteroatoms. The van der Waals surface area contributed by atoms with Gasteiger partial charge in [0.1, 0.15) is 0 Å². The third kappa shape index (κ3) is 2.39. The summed E-state index contributed by atoms with van der Waals surface area (Å²) in [6, 6.07) is 13.8. The van der Waals surface area contributed by atoms with E-state index in [1.807, 2.05) is 24.2 Å². The minimum atomic E-state index is -4.30. The van der Waals surface area contributed by atoms with E-state index in [4.69, 9.17) is 5.10 Å². The third-order valence-corrected chi connectivity index (χ3v) is 5.00. The molecule has 0 aromatic heterocycles. The Balaban J connectivity index is 1.67. The molecular weight excluding hydrogens is 313 g/mol. The monoisotopic (exact) mass is 330 g/mol. The molecule has 0 spiro atoms. The number of nitrogens with zero attached hydrogens (tertiary/aromatic N) is 2. The molecule has 2 nitrogen and oxygen atoms in total. The Labute approximate surface area is 138 Å². The maximum atomic E-state index is 12.8. The van der Waals surface area contributed by atoms with E-state index >= 15 is 0 Å². The molecule has 0 saturated carbocycles. The van der Waals surface area contributed by atoms with Crippen molar-refractivity contribution in [3.05, 3.63) is 70.8 Å². The van der Waals surface area contributed by atoms with Crippen LogP contribution in [0.15, 0.2) is 53.6 Å². The summed E-state index contributed by atoms with van der Waals surface area (Å²) in [6.07, 6.45) is -2.36. The number of rotatable bonds is 1. The van der Waals surface area contributed by atoms with Crippen LogP contribution in [0.1, 0.15) is 34.7 Å². The Kier molecular flexibility index (Phi) is 3.41. The molecule has 1 aliphatic heterocycles. The van der Waals surface area contributed by atoms with Crippen molar-refractivity contribution in [3.63, 3.8) is 0 Å². The standard InChI is InChI=1S/C19H17F3N2/c1-24-18(13-6-9-14(10-7-13)19(20,21)22)16-11-8-12-4-2-3-5-15(12)17(16)23-24/h2-7,9-10,16,18H,8,11H2,1H3/t16-,18+/m1/s1. The van der Waals surface area contributed by atoms with E-state index in [0.717, 1.165) is 36.2 Å². The summed E-state index contributed by atoms with van der Waals surface area (Å²) in [7, 11) is 1.90. The Bertz CT molecular complexity index is 793. The van der Waals surface area contributed by atoms with E-state index in [0.29, 0.717) is 0 Å². The highest BCUT2D eigenvalue weighted by Crippen LogP contribution is 2.42. The van der Waals surface area contributed by atoms with Crippen molar-refractivity contribution in [3.8, 4) is 0 Å². The van der Waals surface area contributed by atoms with Crippen LogP contribution in [-0.2, 0) is 12.6 Å². The fourth-order valence-electron chi connectivity index (χ4n) is 3.88. The predicted molar refractivity (Wildman–Crippen MR) is 86.7 cm³/mol. The van der Waals surface area contributed by atoms with Crippen molar-refractivity contribution in [1.82, 2.24) is 5.01 Å². The summed E-state index contributed by atoms with van der Waals surface area (Å²) in [5.74, 6) is 0.224. The minimum absolute atomic E-state index is 0.00404. The van der Waals surface area contributed by atoms with Crippen molar-refractivity contribution < 1.29 is 13.2 Å². The van der Waals surface area contributed by atoms with Gasteiger partial charge in [0.05, 0.1) is 17.3 Å². The van der Waals surface area contributed by atoms with Gasteiger partial charge in [-0.05, 0) is 36.1 Å². The lowest BCUT2D eigenvalue weighted by atomic mass is 9.77. The summed E-state index contributed by atoms with van der Waals surface area (Å²) in [6.45, 7) is 0. The lowest BCUT2D eigenvalue weighted by Crippen LogP contribution is -2.27. The molecule has 2 aromatic carbocycles. The maximum Gasteiger partial charge on any atom is 0.416 e. The first-order chi connectivity index (χ1) is 11.4. The summed E-state index contributed by atoms with van der Waals surface area (Å²) in [5.41, 5.74) is 3.81. The second-order valence-corrected chi connectivity index (χ2v) is 6.43. The number of hydrogen-bond acceptors (Lipinski definition) is 2. The molecule has 2 atom stereocenters. The number of hydrazone groups is 1. The van der Waals surface area contributed by atoms with Crippen LogP contribution in [0.3, 0.4) is 0 Å². The lowest BCUT2D eigenvalue weighted by Gasteiger charge is -2.29. The van der Waals surface area contributed by atoms with Crippen LogP contribution in [0.5, 0.6) is 0 Å². The molecule has 0 fully saturated rings. The molecule has 0 radical (unpaired) electrons. The molecule has 0 N–H and O–H groups in total. The van der Waals surface area contributed by atoms with Crippen molar-refractivity contribution in [2.45, 2.75) is 25.1 Å². The van der Waals surface area contributed by atoms with Gasteiger partial charge < -0.3 is 0 Å². The number of benzene rings is 2. The van der Waals surface area contributed by atoms with Gasteiger partial charge in [-0.15, -0.1) is 0 Å². The van der Waals surface area contributed by atoms with Crippen molar-refractivity contribution in [2.75, 3.05) is 7.05 Å². The number of alkyl halides is 3. The van der Waals surface area contributed by atoms with Crippen molar-refractivity contribution in [2.24, 2.45) is 11.0 Å². The first-order valence-electron chi connectivity index (χ1n) is 8.02. The normalized spacial score (nSPS) is 22.8. The Morgan fingerprint density at radius 2 is 1.75 bits per heavy atom. The van der Waals surface area contributed by atoms with Crippen molar-refractivity contribution in [1.29, 1.82) is 0 Å². The third-order valence-electron chi connectivity index (χ3n) is 5.00. The summed E-state index contributed by atoms with van der Waals surface area (Å²) < 4.78 is 38.3. The van der Waals surface area contributed by atoms with Gasteiger partial charge in [0.2, 0.25) is 0 Å². The van der Waals surface area contributed by atoms with E-state index in [1.54, 1.807) is 12.1 Å². The quantitative estimate of drug-likeness (QED) is 0.742. The second kappa shape index (κ2) is 5.36. The van der Waals surface area contributed by atoms with Gasteiger partial charge in [-0.2, -0.15) is 18.3 Å². The van der Waals surface area contributed by atoms with Crippen LogP contribution in [0.4, 0.5) is 13.2 Å². The van der Waals surface area contributed by atoms with E-state index < -0.39 is 11.7 Å². The predicted octanol–water partition coefficient (Wildman–Crippen LogP) is 4.66. The Hall–Kier alpha value is -2.30. The highest BCUT2D eigenvalue weighted by molar-refractivity contribution is 6.05. The van der Waals surface area contributed by atoms with Crippen molar-refractivity contribution >= 4 is 5.71 Å². The maximum absolute atomic E-state index is 12.8. The number of fused-ring (bicyclic) bond motifs is 3. The first-order valence-corrected chi connectivity index (χ1v) is 8.02. The van der Waals surface area contributed by atoms with Gasteiger partial charge in [0.15, 0.2) is 0 Å². The van der Waals surface area contributed by atoms with Gasteiger partial charge in [-0.3, -0.25) is 5.01 Å². The zero-order chi connectivity index (χ0) is 16.9. The molecule has 1 aliphatic carbocycles. The number of aryl methyl sites for hydroxylation is 1. The molecule has 124 valence electrons. The second-order valence-electron chi connectivity index (χ2n) is 6.43. The highest BCUT2D eigenvalue weighted by Gasteiger charge is 2.40. The topological polar surface area (TPSA) is 15.6 Å². The molecule has 0 saturated heterocycles. The molecule has 0 amide bonds. The van der Waals surface area contributed by atoms with E-state index in [2.05, 4.69) is 12.1 Å². The average molecular weight is 330 g/mol. The van der Waals surface area contributed by atoms with Crippen LogP contribution in [0.2, 0.25) is 0 Å². The molecule has 4 rings (SSSR count). The zero-order valence-corrected chi connectivity index (χ0v) is 13.2. The molecule has 0 unspecified atom stereocenters. The number of halogens is 3. The fourth-order valence-corrected chi connectivity index (χ4v) is 3.88. The van der Waals surface area contributed by atoms with Gasteiger partial charge in [-0.1, -0.05) is 36.4 Å². The number of hydrogen-bond donors (Lipinski definition) is 0. The Morgan fingerprint density at radius 1 is 1.04 bits per heavy atom. The zero-order valence-electron chi connectivity index (χ0n) is 13.2. The first kappa shape index (κ1) is 15.2. The summed E-state index contributed by atoms with van der Waals surface area (Å²) >= 11 is 0. The van der Waals surface area contributed by atoms with Crippen LogP contribution >= 0.6 is 0 Å². The molecule has 2 aromatic rings. The average Bonchev–Trinajstić information content (AvgIpc) is 2.90. The molecule has 24 heavy (non-hydrogen) atoms. The smallest absolute Gasteiger partial charge is 0.292 e. The van der Waals surface area contributed by atoms with Crippen LogP contribution < -0.4 is 0 Å². The largest absolute Gasteiger partial charge is 0.416 e. The molecule has 0 bridgehead atoms. The van der Waals surface area contributed by atoms with E-state index in [-0.39, 0.29) is 12.0 Å². The van der Waals surface area contributed by atoms with Crippen LogP contribution in [0.25, 0.3) is 0 Å². The molecular formula is C19H17F3N2. The lowest BCUT2D eigenvalue weighted by molar-refractivity contribution is -0.137. The summed E-state index contributed by atoms with van der Waals surface area (Å²) in [5, 5.41) is 6.60. The minimum Gasteiger partial charge on any atom is -0.292 e. The van der Waals surface area contributed by atoms with Crippen LogP contribution in [-0.4, -0.2) is 17.8 Å². The molecule has 1 heterocycles. The Morgan fingerprint density at radius 3 is 2.46 bits per heavy atom. The van der Waals surface area contributed by atoms with Gasteiger partial charge in [-0.25, -0.2) is 0 Å². The summed E-state index contributed by atoms with van der Waals surface area (Å²) in [4.78, 5) is 0. The fraction of sp³-hybridized carbons (Fsp3) is 0.316. The highest BCUT2D eigenvalue weighted by atomic mass is 19.4. The molecule has 2 aliphatic rings. The van der Waals surface area contributed by atoms with Gasteiger partial charge >= 0.3 is 6.18 Å². The van der Waals surface area contributed by atoms with Gasteiger partial charge in [0, 0.05) is 18.5 Å². The van der Waals surface area contributed by atoms with Crippen LogP contribution in [0, 0.1) is 5.92 Å². The van der Waals surface area contributed by atoms with E-state index in [9.17, 15) is 13.2 Å². The van der Waals surface area contributed by atoms with E-state index in [1.165, 1.54) is 11.1 Å². The SMILES string of the molecule is CN1N=C2c3ccccc3CC[C@H]2[C@@H]1c1ccc(C(F)(F)F)cc1. The van der Waals surface area contributed by atoms with Gasteiger partial charge in [0.25, 0.3) is 0 Å².